The van der Waals surface area contributed by atoms with Crippen LogP contribution in [0.3, 0.4) is 0 Å². The average Bonchev–Trinajstić information content (AvgIpc) is 2.33. The monoisotopic (exact) mass is 309 g/mol. The third kappa shape index (κ3) is 2.31. The predicted molar refractivity (Wildman–Crippen MR) is 71.8 cm³/mol. The number of aliphatic carboxylic acids is 1. The Morgan fingerprint density at radius 3 is 2.78 bits per heavy atom. The zero-order valence-electron chi connectivity index (χ0n) is 9.98. The van der Waals surface area contributed by atoms with Crippen molar-refractivity contribution in [3.8, 4) is 5.75 Å². The molecule has 0 aliphatic rings. The van der Waals surface area contributed by atoms with E-state index in [4.69, 9.17) is 9.84 Å². The van der Waals surface area contributed by atoms with Gasteiger partial charge in [-0.3, -0.25) is 4.98 Å². The number of ether oxygens (including phenoxy) is 1. The molecular weight excluding hydrogens is 298 g/mol. The minimum absolute atomic E-state index is 0.489. The molecule has 0 spiro atoms. The molecule has 0 unspecified atom stereocenters. The topological polar surface area (TPSA) is 59.4 Å². The molecule has 0 saturated carbocycles. The summed E-state index contributed by atoms with van der Waals surface area (Å²) in [6, 6.07) is 5.50. The van der Waals surface area contributed by atoms with Crippen LogP contribution in [-0.4, -0.2) is 21.7 Å². The molecule has 0 aliphatic heterocycles. The van der Waals surface area contributed by atoms with Crippen molar-refractivity contribution in [3.63, 3.8) is 0 Å². The molecule has 94 valence electrons. The second-order valence-corrected chi connectivity index (χ2v) is 5.19. The van der Waals surface area contributed by atoms with Crippen molar-refractivity contribution in [1.29, 1.82) is 0 Å². The molecule has 0 saturated heterocycles. The number of pyridine rings is 1. The molecule has 1 aromatic carbocycles. The molecule has 18 heavy (non-hydrogen) atoms. The van der Waals surface area contributed by atoms with Crippen molar-refractivity contribution in [2.45, 2.75) is 19.4 Å². The van der Waals surface area contributed by atoms with Crippen molar-refractivity contribution in [2.24, 2.45) is 0 Å². The third-order valence-corrected chi connectivity index (χ3v) is 3.42. The van der Waals surface area contributed by atoms with Crippen LogP contribution in [0.25, 0.3) is 10.8 Å². The number of fused-ring (bicyclic) bond motifs is 1. The average molecular weight is 310 g/mol. The van der Waals surface area contributed by atoms with Crippen LogP contribution in [0.15, 0.2) is 35.1 Å². The lowest BCUT2D eigenvalue weighted by atomic mass is 10.1. The maximum Gasteiger partial charge on any atom is 0.347 e. The summed E-state index contributed by atoms with van der Waals surface area (Å²) in [6.45, 7) is 3.02. The molecule has 2 rings (SSSR count). The number of hydrogen-bond donors (Lipinski definition) is 1. The van der Waals surface area contributed by atoms with E-state index >= 15 is 0 Å². The number of rotatable bonds is 3. The fraction of sp³-hybridized carbons (Fsp3) is 0.231. The van der Waals surface area contributed by atoms with Crippen molar-refractivity contribution in [2.75, 3.05) is 0 Å². The normalized spacial score (nSPS) is 11.5. The lowest BCUT2D eigenvalue weighted by Crippen LogP contribution is -2.37. The Morgan fingerprint density at radius 2 is 2.11 bits per heavy atom. The molecule has 0 atom stereocenters. The van der Waals surface area contributed by atoms with Crippen LogP contribution in [0.2, 0.25) is 0 Å². The van der Waals surface area contributed by atoms with E-state index in [1.54, 1.807) is 18.5 Å². The van der Waals surface area contributed by atoms with Crippen molar-refractivity contribution in [3.05, 3.63) is 35.1 Å². The van der Waals surface area contributed by atoms with Gasteiger partial charge in [-0.25, -0.2) is 4.79 Å². The largest absolute Gasteiger partial charge is 0.478 e. The van der Waals surface area contributed by atoms with E-state index in [9.17, 15) is 4.79 Å². The fourth-order valence-corrected chi connectivity index (χ4v) is 2.05. The van der Waals surface area contributed by atoms with Crippen LogP contribution in [-0.2, 0) is 4.79 Å². The molecule has 1 N–H and O–H groups in total. The van der Waals surface area contributed by atoms with Crippen LogP contribution in [0.5, 0.6) is 5.75 Å². The lowest BCUT2D eigenvalue weighted by Gasteiger charge is -2.22. The van der Waals surface area contributed by atoms with Crippen molar-refractivity contribution in [1.82, 2.24) is 4.98 Å². The summed E-state index contributed by atoms with van der Waals surface area (Å²) in [5.41, 5.74) is -1.28. The molecular formula is C13H12BrNO3. The summed E-state index contributed by atoms with van der Waals surface area (Å²) in [5, 5.41) is 11.0. The molecule has 0 fully saturated rings. The number of carboxylic acids is 1. The van der Waals surface area contributed by atoms with E-state index in [1.165, 1.54) is 13.8 Å². The number of hydrogen-bond acceptors (Lipinski definition) is 3. The summed E-state index contributed by atoms with van der Waals surface area (Å²) >= 11 is 3.43. The Bertz CT molecular complexity index is 610. The summed E-state index contributed by atoms with van der Waals surface area (Å²) in [5.74, 6) is -0.524. The highest BCUT2D eigenvalue weighted by molar-refractivity contribution is 9.10. The van der Waals surface area contributed by atoms with Crippen LogP contribution in [0, 0.1) is 0 Å². The second kappa shape index (κ2) is 4.57. The number of carbonyl (C=O) groups is 1. The Kier molecular flexibility index (Phi) is 3.26. The number of benzene rings is 1. The zero-order chi connectivity index (χ0) is 13.3. The molecule has 0 amide bonds. The first-order chi connectivity index (χ1) is 8.42. The highest BCUT2D eigenvalue weighted by Crippen LogP contribution is 2.34. The van der Waals surface area contributed by atoms with Crippen LogP contribution in [0.1, 0.15) is 13.8 Å². The van der Waals surface area contributed by atoms with Gasteiger partial charge in [-0.15, -0.1) is 0 Å². The van der Waals surface area contributed by atoms with Gasteiger partial charge in [-0.1, -0.05) is 6.07 Å². The Morgan fingerprint density at radius 1 is 1.39 bits per heavy atom. The van der Waals surface area contributed by atoms with Gasteiger partial charge in [-0.05, 0) is 47.3 Å². The fourth-order valence-electron chi connectivity index (χ4n) is 1.50. The first-order valence-corrected chi connectivity index (χ1v) is 6.16. The molecule has 0 aliphatic carbocycles. The summed E-state index contributed by atoms with van der Waals surface area (Å²) in [7, 11) is 0. The van der Waals surface area contributed by atoms with Gasteiger partial charge in [0.25, 0.3) is 0 Å². The van der Waals surface area contributed by atoms with Gasteiger partial charge in [-0.2, -0.15) is 0 Å². The third-order valence-electron chi connectivity index (χ3n) is 2.60. The number of nitrogens with zero attached hydrogens (tertiary/aromatic N) is 1. The number of halogens is 1. The maximum absolute atomic E-state index is 11.0. The molecule has 1 heterocycles. The van der Waals surface area contributed by atoms with E-state index in [2.05, 4.69) is 20.9 Å². The minimum atomic E-state index is -1.28. The lowest BCUT2D eigenvalue weighted by molar-refractivity contribution is -0.152. The second-order valence-electron chi connectivity index (χ2n) is 4.39. The number of carboxylic acid groups (broad SMARTS) is 1. The van der Waals surface area contributed by atoms with Crippen molar-refractivity contribution >= 4 is 32.7 Å². The van der Waals surface area contributed by atoms with Gasteiger partial charge in [0.1, 0.15) is 5.75 Å². The highest BCUT2D eigenvalue weighted by atomic mass is 79.9. The van der Waals surface area contributed by atoms with E-state index in [0.29, 0.717) is 10.2 Å². The maximum atomic E-state index is 11.0. The molecule has 2 aromatic rings. The van der Waals surface area contributed by atoms with E-state index in [-0.39, 0.29) is 0 Å². The SMILES string of the molecule is CC(C)(Oc1ccc2ccncc2c1Br)C(=O)O. The Hall–Kier alpha value is -1.62. The van der Waals surface area contributed by atoms with Gasteiger partial charge in [0.2, 0.25) is 0 Å². The molecule has 4 nitrogen and oxygen atoms in total. The van der Waals surface area contributed by atoms with Gasteiger partial charge >= 0.3 is 5.97 Å². The van der Waals surface area contributed by atoms with Crippen LogP contribution < -0.4 is 4.74 Å². The Balaban J connectivity index is 2.47. The van der Waals surface area contributed by atoms with E-state index in [1.807, 2.05) is 12.1 Å². The van der Waals surface area contributed by atoms with Gasteiger partial charge < -0.3 is 9.84 Å². The molecule has 1 aromatic heterocycles. The summed E-state index contributed by atoms with van der Waals surface area (Å²) in [4.78, 5) is 15.1. The minimum Gasteiger partial charge on any atom is -0.478 e. The summed E-state index contributed by atoms with van der Waals surface area (Å²) in [6.07, 6.45) is 3.41. The Labute approximate surface area is 113 Å². The van der Waals surface area contributed by atoms with Crippen LogP contribution >= 0.6 is 15.9 Å². The van der Waals surface area contributed by atoms with Crippen molar-refractivity contribution < 1.29 is 14.6 Å². The standard InChI is InChI=1S/C13H12BrNO3/c1-13(2,12(16)17)18-10-4-3-8-5-6-15-7-9(8)11(10)14/h3-7H,1-2H3,(H,16,17). The first-order valence-electron chi connectivity index (χ1n) is 5.36. The smallest absolute Gasteiger partial charge is 0.347 e. The van der Waals surface area contributed by atoms with Gasteiger partial charge in [0, 0.05) is 17.8 Å². The summed E-state index contributed by atoms with van der Waals surface area (Å²) < 4.78 is 6.24. The quantitative estimate of drug-likeness (QED) is 0.945. The van der Waals surface area contributed by atoms with Gasteiger partial charge in [0.05, 0.1) is 4.47 Å². The van der Waals surface area contributed by atoms with Crippen LogP contribution in [0.4, 0.5) is 0 Å². The first kappa shape index (κ1) is 12.8. The van der Waals surface area contributed by atoms with E-state index in [0.717, 1.165) is 10.8 Å². The van der Waals surface area contributed by atoms with Gasteiger partial charge in [0.15, 0.2) is 5.60 Å². The zero-order valence-corrected chi connectivity index (χ0v) is 11.6. The molecule has 0 bridgehead atoms. The molecule has 0 radical (unpaired) electrons. The highest BCUT2D eigenvalue weighted by Gasteiger charge is 2.30. The molecule has 5 heteroatoms. The number of aromatic nitrogens is 1. The van der Waals surface area contributed by atoms with E-state index < -0.39 is 11.6 Å². The predicted octanol–water partition coefficient (Wildman–Crippen LogP) is 3.24.